The normalized spacial score (nSPS) is 19.7. The highest BCUT2D eigenvalue weighted by atomic mass is 31.1. The fourth-order valence-electron chi connectivity index (χ4n) is 7.46. The van der Waals surface area contributed by atoms with Gasteiger partial charge in [-0.05, 0) is 71.2 Å². The van der Waals surface area contributed by atoms with E-state index >= 15 is 0 Å². The first-order chi connectivity index (χ1) is 20.2. The van der Waals surface area contributed by atoms with Crippen LogP contribution >= 0.6 is 7.92 Å². The molecule has 2 aliphatic rings. The van der Waals surface area contributed by atoms with E-state index in [0.29, 0.717) is 16.4 Å². The van der Waals surface area contributed by atoms with Crippen LogP contribution in [0.4, 0.5) is 0 Å². The van der Waals surface area contributed by atoms with Gasteiger partial charge in [0.25, 0.3) is 11.1 Å². The number of benzene rings is 5. The summed E-state index contributed by atoms with van der Waals surface area (Å²) in [6.45, 7) is 0. The molecule has 8 rings (SSSR count). The molecule has 0 N–H and O–H groups in total. The van der Waals surface area contributed by atoms with Crippen molar-refractivity contribution in [1.29, 1.82) is 0 Å². The number of nitrogens with zero attached hydrogens (tertiary/aromatic N) is 2. The maximum atomic E-state index is 14.6. The van der Waals surface area contributed by atoms with Gasteiger partial charge in [0.2, 0.25) is 0 Å². The lowest BCUT2D eigenvalue weighted by atomic mass is 10.0. The fourth-order valence-corrected chi connectivity index (χ4v) is 11.5. The van der Waals surface area contributed by atoms with Gasteiger partial charge in [0.05, 0.1) is 10.8 Å². The standard InChI is InChI=1S/C36H31N2O2P/c39-33-29-20-8-9-21-30(29)34(40)38-36(32-23-11-15-25-13-5-7-19-28(25)32)41(26-16-2-1-3-17-26)35(37(33)38)31-22-10-14-24-12-4-6-18-27(24)31/h4-15,18-23,26,35-36H,1-3,16-17H2/t35-,36-/m1/s1. The van der Waals surface area contributed by atoms with Crippen LogP contribution in [-0.2, 0) is 0 Å². The van der Waals surface area contributed by atoms with Crippen molar-refractivity contribution in [3.05, 3.63) is 141 Å². The molecule has 5 aromatic carbocycles. The topological polar surface area (TPSA) is 44.0 Å². The zero-order valence-electron chi connectivity index (χ0n) is 22.8. The summed E-state index contributed by atoms with van der Waals surface area (Å²) in [5, 5.41) is 5.69. The Bertz CT molecular complexity index is 1920. The molecule has 1 aromatic heterocycles. The third kappa shape index (κ3) is 3.77. The summed E-state index contributed by atoms with van der Waals surface area (Å²) >= 11 is 0. The van der Waals surface area contributed by atoms with E-state index in [4.69, 9.17) is 0 Å². The number of fused-ring (bicyclic) bond motifs is 4. The molecule has 6 aromatic rings. The molecule has 5 heteroatoms. The lowest BCUT2D eigenvalue weighted by molar-refractivity contribution is 0.496. The Balaban J connectivity index is 1.52. The van der Waals surface area contributed by atoms with Gasteiger partial charge in [-0.2, -0.15) is 0 Å². The largest absolute Gasteiger partial charge is 0.274 e. The predicted molar refractivity (Wildman–Crippen MR) is 170 cm³/mol. The van der Waals surface area contributed by atoms with E-state index in [9.17, 15) is 9.59 Å². The second kappa shape index (κ2) is 9.82. The lowest BCUT2D eigenvalue weighted by Gasteiger charge is -2.35. The van der Waals surface area contributed by atoms with Gasteiger partial charge in [-0.15, -0.1) is 0 Å². The molecule has 1 aliphatic carbocycles. The Morgan fingerprint density at radius 3 is 1.39 bits per heavy atom. The molecule has 0 amide bonds. The minimum atomic E-state index is -0.885. The molecule has 1 fully saturated rings. The second-order valence-electron chi connectivity index (χ2n) is 11.5. The third-order valence-corrected chi connectivity index (χ3v) is 12.7. The zero-order chi connectivity index (χ0) is 27.5. The highest BCUT2D eigenvalue weighted by Crippen LogP contribution is 2.71. The smallest absolute Gasteiger partial charge is 0.267 e. The first-order valence-electron chi connectivity index (χ1n) is 14.7. The van der Waals surface area contributed by atoms with Crippen molar-refractivity contribution in [2.24, 2.45) is 0 Å². The van der Waals surface area contributed by atoms with Crippen LogP contribution in [0.2, 0.25) is 0 Å². The first kappa shape index (κ1) is 24.8. The van der Waals surface area contributed by atoms with Crippen LogP contribution in [0.3, 0.4) is 0 Å². The van der Waals surface area contributed by atoms with E-state index in [1.54, 1.807) is 0 Å². The van der Waals surface area contributed by atoms with Crippen LogP contribution in [-0.4, -0.2) is 15.0 Å². The molecule has 1 saturated carbocycles. The van der Waals surface area contributed by atoms with Crippen molar-refractivity contribution in [2.45, 2.75) is 49.3 Å². The van der Waals surface area contributed by atoms with Crippen molar-refractivity contribution in [2.75, 3.05) is 0 Å². The number of hydrogen-bond donors (Lipinski definition) is 0. The Morgan fingerprint density at radius 1 is 0.488 bits per heavy atom. The predicted octanol–water partition coefficient (Wildman–Crippen LogP) is 8.39. The SMILES string of the molecule is O=c1c2ccccc2c(=O)n2n1[C@@H](c1cccc3ccccc13)P(C1CCCCC1)[C@@H]2c1cccc2ccccc12. The van der Waals surface area contributed by atoms with Gasteiger partial charge in [-0.3, -0.25) is 9.59 Å². The average Bonchev–Trinajstić information content (AvgIpc) is 3.40. The van der Waals surface area contributed by atoms with Gasteiger partial charge in [0.15, 0.2) is 0 Å². The second-order valence-corrected chi connectivity index (χ2v) is 14.1. The van der Waals surface area contributed by atoms with Crippen molar-refractivity contribution in [3.8, 4) is 0 Å². The quantitative estimate of drug-likeness (QED) is 0.206. The van der Waals surface area contributed by atoms with Crippen LogP contribution in [0.15, 0.2) is 119 Å². The Labute approximate surface area is 239 Å². The Kier molecular flexibility index (Phi) is 5.93. The van der Waals surface area contributed by atoms with Gasteiger partial charge in [0.1, 0.15) is 11.6 Å². The monoisotopic (exact) mass is 554 g/mol. The molecular weight excluding hydrogens is 523 g/mol. The molecule has 0 saturated heterocycles. The van der Waals surface area contributed by atoms with Gasteiger partial charge in [-0.25, -0.2) is 9.36 Å². The average molecular weight is 555 g/mol. The Hall–Kier alpha value is -4.01. The van der Waals surface area contributed by atoms with E-state index < -0.39 is 7.92 Å². The molecule has 0 spiro atoms. The van der Waals surface area contributed by atoms with Crippen LogP contribution in [0.1, 0.15) is 54.8 Å². The number of aromatic nitrogens is 2. The van der Waals surface area contributed by atoms with E-state index in [2.05, 4.69) is 84.9 Å². The minimum Gasteiger partial charge on any atom is -0.267 e. The number of hydrogen-bond acceptors (Lipinski definition) is 2. The molecule has 202 valence electrons. The molecule has 41 heavy (non-hydrogen) atoms. The van der Waals surface area contributed by atoms with Gasteiger partial charge in [0, 0.05) is 0 Å². The molecule has 0 radical (unpaired) electrons. The fraction of sp³-hybridized carbons (Fsp3) is 0.222. The summed E-state index contributed by atoms with van der Waals surface area (Å²) in [6.07, 6.45) is 5.96. The van der Waals surface area contributed by atoms with Crippen LogP contribution in [0.25, 0.3) is 32.3 Å². The summed E-state index contributed by atoms with van der Waals surface area (Å²) < 4.78 is 3.78. The van der Waals surface area contributed by atoms with Crippen molar-refractivity contribution in [3.63, 3.8) is 0 Å². The molecule has 4 nitrogen and oxygen atoms in total. The van der Waals surface area contributed by atoms with E-state index in [0.717, 1.165) is 24.0 Å². The number of rotatable bonds is 3. The molecular formula is C36H31N2O2P. The van der Waals surface area contributed by atoms with Crippen molar-refractivity contribution < 1.29 is 0 Å². The van der Waals surface area contributed by atoms with E-state index in [1.807, 2.05) is 33.6 Å². The summed E-state index contributed by atoms with van der Waals surface area (Å²) in [5.74, 6) is -0.374. The van der Waals surface area contributed by atoms with Crippen LogP contribution < -0.4 is 11.1 Å². The van der Waals surface area contributed by atoms with Crippen molar-refractivity contribution >= 4 is 40.2 Å². The zero-order valence-corrected chi connectivity index (χ0v) is 23.7. The summed E-state index contributed by atoms with van der Waals surface area (Å²) in [4.78, 5) is 29.1. The first-order valence-corrected chi connectivity index (χ1v) is 16.3. The van der Waals surface area contributed by atoms with E-state index in [-0.39, 0.29) is 22.7 Å². The summed E-state index contributed by atoms with van der Waals surface area (Å²) in [7, 11) is -0.885. The molecule has 1 aliphatic heterocycles. The summed E-state index contributed by atoms with van der Waals surface area (Å²) in [6, 6.07) is 37.3. The summed E-state index contributed by atoms with van der Waals surface area (Å²) in [5.41, 5.74) is 2.65. The minimum absolute atomic E-state index is 0.0656. The molecule has 0 bridgehead atoms. The lowest BCUT2D eigenvalue weighted by Crippen LogP contribution is -2.37. The maximum Gasteiger partial charge on any atom is 0.274 e. The highest BCUT2D eigenvalue weighted by molar-refractivity contribution is 7.59. The van der Waals surface area contributed by atoms with Crippen LogP contribution in [0.5, 0.6) is 0 Å². The van der Waals surface area contributed by atoms with Crippen molar-refractivity contribution in [1.82, 2.24) is 9.36 Å². The van der Waals surface area contributed by atoms with Gasteiger partial charge < -0.3 is 0 Å². The molecule has 2 atom stereocenters. The van der Waals surface area contributed by atoms with Crippen LogP contribution in [0, 0.1) is 0 Å². The molecule has 0 unspecified atom stereocenters. The molecule has 2 heterocycles. The Morgan fingerprint density at radius 2 is 0.902 bits per heavy atom. The third-order valence-electron chi connectivity index (χ3n) is 9.26. The van der Waals surface area contributed by atoms with Gasteiger partial charge >= 0.3 is 0 Å². The highest BCUT2D eigenvalue weighted by Gasteiger charge is 2.48. The van der Waals surface area contributed by atoms with Gasteiger partial charge in [-0.1, -0.05) is 116 Å². The van der Waals surface area contributed by atoms with E-state index in [1.165, 1.54) is 40.8 Å². The maximum absolute atomic E-state index is 14.6.